The van der Waals surface area contributed by atoms with Crippen LogP contribution in [0.2, 0.25) is 0 Å². The van der Waals surface area contributed by atoms with Gasteiger partial charge in [0, 0.05) is 12.9 Å². The van der Waals surface area contributed by atoms with Crippen molar-refractivity contribution in [3.63, 3.8) is 0 Å². The molecule has 1 aromatic heterocycles. The van der Waals surface area contributed by atoms with Gasteiger partial charge in [0.25, 0.3) is 0 Å². The lowest BCUT2D eigenvalue weighted by atomic mass is 10.1. The minimum absolute atomic E-state index is 0.0885. The van der Waals surface area contributed by atoms with Crippen LogP contribution in [0, 0.1) is 10.5 Å². The third-order valence-electron chi connectivity index (χ3n) is 2.36. The standard InChI is InChI=1S/C12H8Br2ClIS/c1-6-4-10(17-12(6)14)11(15)8-5-7(13)2-3-9(8)16/h2-5,11H,1H3. The van der Waals surface area contributed by atoms with E-state index in [0.29, 0.717) is 0 Å². The van der Waals surface area contributed by atoms with Gasteiger partial charge in [0.15, 0.2) is 0 Å². The summed E-state index contributed by atoms with van der Waals surface area (Å²) in [6, 6.07) is 8.33. The highest BCUT2D eigenvalue weighted by Crippen LogP contribution is 2.39. The maximum atomic E-state index is 6.56. The molecule has 2 aromatic rings. The van der Waals surface area contributed by atoms with Crippen molar-refractivity contribution in [1.82, 2.24) is 0 Å². The van der Waals surface area contributed by atoms with Crippen molar-refractivity contribution in [2.24, 2.45) is 0 Å². The molecule has 0 aliphatic carbocycles. The first-order chi connectivity index (χ1) is 7.99. The number of benzene rings is 1. The monoisotopic (exact) mass is 504 g/mol. The Morgan fingerprint density at radius 1 is 1.29 bits per heavy atom. The van der Waals surface area contributed by atoms with Crippen LogP contribution in [0.25, 0.3) is 0 Å². The summed E-state index contributed by atoms with van der Waals surface area (Å²) in [4.78, 5) is 1.17. The molecule has 17 heavy (non-hydrogen) atoms. The summed E-state index contributed by atoms with van der Waals surface area (Å²) < 4.78 is 3.40. The van der Waals surface area contributed by atoms with Crippen molar-refractivity contribution >= 4 is 77.4 Å². The fraction of sp³-hybridized carbons (Fsp3) is 0.167. The molecular formula is C12H8Br2ClIS. The van der Waals surface area contributed by atoms with Crippen molar-refractivity contribution in [3.8, 4) is 0 Å². The van der Waals surface area contributed by atoms with Crippen LogP contribution >= 0.6 is 77.4 Å². The van der Waals surface area contributed by atoms with Crippen LogP contribution in [0.1, 0.15) is 21.4 Å². The van der Waals surface area contributed by atoms with Crippen molar-refractivity contribution in [2.75, 3.05) is 0 Å². The van der Waals surface area contributed by atoms with Crippen LogP contribution < -0.4 is 0 Å². The summed E-state index contributed by atoms with van der Waals surface area (Å²) in [5, 5.41) is -0.0885. The topological polar surface area (TPSA) is 0 Å². The molecule has 1 heterocycles. The SMILES string of the molecule is Cc1cc(C(Cl)c2cc(Br)ccc2I)sc1Br. The van der Waals surface area contributed by atoms with Crippen LogP contribution in [0.4, 0.5) is 0 Å². The van der Waals surface area contributed by atoms with E-state index in [1.54, 1.807) is 11.3 Å². The molecule has 1 aromatic carbocycles. The molecule has 5 heteroatoms. The predicted octanol–water partition coefficient (Wildman–Crippen LogP) is 6.51. The predicted molar refractivity (Wildman–Crippen MR) is 91.3 cm³/mol. The summed E-state index contributed by atoms with van der Waals surface area (Å²) in [6.45, 7) is 2.08. The van der Waals surface area contributed by atoms with Gasteiger partial charge in [-0.1, -0.05) is 15.9 Å². The summed E-state index contributed by atoms with van der Waals surface area (Å²) in [5.74, 6) is 0. The van der Waals surface area contributed by atoms with E-state index in [9.17, 15) is 0 Å². The van der Waals surface area contributed by atoms with Crippen LogP contribution in [0.15, 0.2) is 32.5 Å². The second-order valence-electron chi connectivity index (χ2n) is 3.63. The molecular weight excluding hydrogens is 498 g/mol. The molecule has 0 saturated carbocycles. The lowest BCUT2D eigenvalue weighted by Crippen LogP contribution is -1.93. The van der Waals surface area contributed by atoms with Gasteiger partial charge in [-0.2, -0.15) is 0 Å². The number of rotatable bonds is 2. The van der Waals surface area contributed by atoms with Crippen LogP contribution in [-0.4, -0.2) is 0 Å². The van der Waals surface area contributed by atoms with Crippen molar-refractivity contribution < 1.29 is 0 Å². The Labute approximate surface area is 140 Å². The molecule has 0 spiro atoms. The van der Waals surface area contributed by atoms with Crippen molar-refractivity contribution in [3.05, 3.63) is 52.1 Å². The Balaban J connectivity index is 2.42. The maximum absolute atomic E-state index is 6.56. The fourth-order valence-corrected chi connectivity index (χ4v) is 4.63. The Kier molecular flexibility index (Phi) is 4.97. The van der Waals surface area contributed by atoms with Gasteiger partial charge in [0.1, 0.15) is 0 Å². The van der Waals surface area contributed by atoms with E-state index in [1.807, 2.05) is 6.07 Å². The van der Waals surface area contributed by atoms with Gasteiger partial charge in [-0.3, -0.25) is 0 Å². The highest BCUT2D eigenvalue weighted by molar-refractivity contribution is 14.1. The molecule has 1 atom stereocenters. The minimum Gasteiger partial charge on any atom is -0.131 e. The molecule has 0 saturated heterocycles. The molecule has 2 rings (SSSR count). The highest BCUT2D eigenvalue weighted by atomic mass is 127. The Hall–Kier alpha value is 0.900. The average Bonchev–Trinajstić information content (AvgIpc) is 2.62. The van der Waals surface area contributed by atoms with E-state index in [4.69, 9.17) is 11.6 Å². The first kappa shape index (κ1) is 14.3. The Morgan fingerprint density at radius 3 is 2.59 bits per heavy atom. The van der Waals surface area contributed by atoms with E-state index in [0.717, 1.165) is 13.8 Å². The normalized spacial score (nSPS) is 12.8. The van der Waals surface area contributed by atoms with Gasteiger partial charge in [0.2, 0.25) is 0 Å². The molecule has 0 fully saturated rings. The fourth-order valence-electron chi connectivity index (χ4n) is 1.47. The van der Waals surface area contributed by atoms with Gasteiger partial charge in [0.05, 0.1) is 9.16 Å². The van der Waals surface area contributed by atoms with E-state index in [1.165, 1.54) is 14.0 Å². The highest BCUT2D eigenvalue weighted by Gasteiger charge is 2.17. The average molecular weight is 506 g/mol. The number of halogens is 4. The van der Waals surface area contributed by atoms with Gasteiger partial charge < -0.3 is 0 Å². The zero-order chi connectivity index (χ0) is 12.6. The zero-order valence-corrected chi connectivity index (χ0v) is 15.7. The van der Waals surface area contributed by atoms with E-state index >= 15 is 0 Å². The third-order valence-corrected chi connectivity index (χ3v) is 6.63. The number of alkyl halides is 1. The molecule has 0 aliphatic heterocycles. The minimum atomic E-state index is -0.0885. The largest absolute Gasteiger partial charge is 0.131 e. The summed E-state index contributed by atoms with van der Waals surface area (Å²) >= 11 is 17.6. The molecule has 0 amide bonds. The summed E-state index contributed by atoms with van der Waals surface area (Å²) in [5.41, 5.74) is 2.39. The Morgan fingerprint density at radius 2 is 2.00 bits per heavy atom. The van der Waals surface area contributed by atoms with Gasteiger partial charge >= 0.3 is 0 Å². The smallest absolute Gasteiger partial charge is 0.0938 e. The summed E-state index contributed by atoms with van der Waals surface area (Å²) in [7, 11) is 0. The summed E-state index contributed by atoms with van der Waals surface area (Å²) in [6.07, 6.45) is 0. The maximum Gasteiger partial charge on any atom is 0.0938 e. The van der Waals surface area contributed by atoms with Gasteiger partial charge in [-0.15, -0.1) is 22.9 Å². The molecule has 0 nitrogen and oxygen atoms in total. The molecule has 90 valence electrons. The molecule has 0 radical (unpaired) electrons. The van der Waals surface area contributed by atoms with Crippen molar-refractivity contribution in [2.45, 2.75) is 12.3 Å². The van der Waals surface area contributed by atoms with Crippen LogP contribution in [0.3, 0.4) is 0 Å². The molecule has 0 bridgehead atoms. The lowest BCUT2D eigenvalue weighted by molar-refractivity contribution is 1.16. The van der Waals surface area contributed by atoms with E-state index in [2.05, 4.69) is 79.6 Å². The van der Waals surface area contributed by atoms with E-state index in [-0.39, 0.29) is 5.38 Å². The second-order valence-corrected chi connectivity index (χ2v) is 8.55. The number of hydrogen-bond donors (Lipinski definition) is 0. The molecule has 0 aliphatic rings. The Bertz CT molecular complexity index is 534. The van der Waals surface area contributed by atoms with Crippen molar-refractivity contribution in [1.29, 1.82) is 0 Å². The third kappa shape index (κ3) is 3.26. The zero-order valence-electron chi connectivity index (χ0n) is 8.81. The first-order valence-electron chi connectivity index (χ1n) is 4.84. The number of hydrogen-bond acceptors (Lipinski definition) is 1. The quantitative estimate of drug-likeness (QED) is 0.322. The molecule has 1 unspecified atom stereocenters. The second kappa shape index (κ2) is 5.90. The first-order valence-corrected chi connectivity index (χ1v) is 8.75. The van der Waals surface area contributed by atoms with E-state index < -0.39 is 0 Å². The van der Waals surface area contributed by atoms with Gasteiger partial charge in [-0.05, 0) is 80.8 Å². The lowest BCUT2D eigenvalue weighted by Gasteiger charge is -2.10. The van der Waals surface area contributed by atoms with Crippen LogP contribution in [-0.2, 0) is 0 Å². The van der Waals surface area contributed by atoms with Gasteiger partial charge in [-0.25, -0.2) is 0 Å². The number of aryl methyl sites for hydroxylation is 1. The van der Waals surface area contributed by atoms with Crippen LogP contribution in [0.5, 0.6) is 0 Å². The number of thiophene rings is 1. The molecule has 0 N–H and O–H groups in total.